The van der Waals surface area contributed by atoms with Gasteiger partial charge in [-0.05, 0) is 12.8 Å². The highest BCUT2D eigenvalue weighted by Gasteiger charge is 2.23. The highest BCUT2D eigenvalue weighted by atomic mass is 16.5. The molecular weight excluding hydrogens is 180 g/mol. The predicted octanol–water partition coefficient (Wildman–Crippen LogP) is 1.67. The number of nitrogens with zero attached hydrogens (tertiary/aromatic N) is 1. The van der Waals surface area contributed by atoms with E-state index in [1.54, 1.807) is 13.2 Å². The van der Waals surface area contributed by atoms with Gasteiger partial charge >= 0.3 is 0 Å². The van der Waals surface area contributed by atoms with Crippen LogP contribution in [0.25, 0.3) is 0 Å². The molecule has 14 heavy (non-hydrogen) atoms. The highest BCUT2D eigenvalue weighted by molar-refractivity contribution is 5.44. The molecule has 0 aromatic carbocycles. The van der Waals surface area contributed by atoms with Gasteiger partial charge in [-0.25, -0.2) is 0 Å². The Morgan fingerprint density at radius 3 is 2.79 bits per heavy atom. The molecule has 76 valence electrons. The fraction of sp³-hybridized carbons (Fsp3) is 0.500. The van der Waals surface area contributed by atoms with Crippen LogP contribution in [0.3, 0.4) is 0 Å². The van der Waals surface area contributed by atoms with Crippen molar-refractivity contribution < 1.29 is 9.47 Å². The number of rotatable bonds is 4. The molecule has 1 heterocycles. The number of pyridine rings is 1. The molecule has 0 saturated heterocycles. The topological polar surface area (TPSA) is 43.4 Å². The van der Waals surface area contributed by atoms with Crippen LogP contribution < -0.4 is 14.8 Å². The molecule has 1 N–H and O–H groups in total. The molecular formula is C10H14N2O2. The average Bonchev–Trinajstić information content (AvgIpc) is 3.01. The molecule has 0 spiro atoms. The first kappa shape index (κ1) is 9.12. The maximum atomic E-state index is 5.65. The number of methoxy groups -OCH3 is 1. The van der Waals surface area contributed by atoms with Crippen LogP contribution in [0.5, 0.6) is 11.6 Å². The fourth-order valence-corrected chi connectivity index (χ4v) is 1.16. The Bertz CT molecular complexity index is 302. The molecule has 0 aliphatic heterocycles. The summed E-state index contributed by atoms with van der Waals surface area (Å²) in [5.74, 6) is 2.16. The number of anilines is 1. The van der Waals surface area contributed by atoms with Crippen LogP contribution in [-0.4, -0.2) is 25.2 Å². The third kappa shape index (κ3) is 2.07. The van der Waals surface area contributed by atoms with Gasteiger partial charge in [-0.3, -0.25) is 0 Å². The Kier molecular flexibility index (Phi) is 2.43. The zero-order valence-corrected chi connectivity index (χ0v) is 8.41. The van der Waals surface area contributed by atoms with Gasteiger partial charge in [-0.1, -0.05) is 0 Å². The molecule has 1 aliphatic rings. The van der Waals surface area contributed by atoms with Gasteiger partial charge in [-0.2, -0.15) is 4.98 Å². The first-order valence-corrected chi connectivity index (χ1v) is 4.72. The van der Waals surface area contributed by atoms with E-state index in [1.807, 2.05) is 13.1 Å². The summed E-state index contributed by atoms with van der Waals surface area (Å²) in [5.41, 5.74) is 0. The van der Waals surface area contributed by atoms with Gasteiger partial charge < -0.3 is 14.8 Å². The average molecular weight is 194 g/mol. The van der Waals surface area contributed by atoms with E-state index in [1.165, 1.54) is 0 Å². The second-order valence-corrected chi connectivity index (χ2v) is 3.30. The van der Waals surface area contributed by atoms with Crippen molar-refractivity contribution in [3.63, 3.8) is 0 Å². The second-order valence-electron chi connectivity index (χ2n) is 3.30. The van der Waals surface area contributed by atoms with Crippen LogP contribution in [-0.2, 0) is 0 Å². The molecule has 0 bridgehead atoms. The summed E-state index contributed by atoms with van der Waals surface area (Å²) in [5, 5.41) is 2.96. The summed E-state index contributed by atoms with van der Waals surface area (Å²) in [4.78, 5) is 4.18. The van der Waals surface area contributed by atoms with E-state index in [2.05, 4.69) is 10.3 Å². The Labute approximate surface area is 83.2 Å². The summed E-state index contributed by atoms with van der Waals surface area (Å²) >= 11 is 0. The summed E-state index contributed by atoms with van der Waals surface area (Å²) in [6.07, 6.45) is 2.70. The van der Waals surface area contributed by atoms with Crippen LogP contribution in [0.2, 0.25) is 0 Å². The summed E-state index contributed by atoms with van der Waals surface area (Å²) in [6, 6.07) is 3.68. The van der Waals surface area contributed by atoms with Crippen LogP contribution in [0.4, 0.5) is 5.82 Å². The molecule has 1 fully saturated rings. The number of hydrogen-bond acceptors (Lipinski definition) is 4. The van der Waals surface area contributed by atoms with Gasteiger partial charge in [0.05, 0.1) is 13.2 Å². The molecule has 0 atom stereocenters. The van der Waals surface area contributed by atoms with E-state index < -0.39 is 0 Å². The molecule has 0 unspecified atom stereocenters. The van der Waals surface area contributed by atoms with Gasteiger partial charge in [0.15, 0.2) is 0 Å². The lowest BCUT2D eigenvalue weighted by Crippen LogP contribution is -2.00. The van der Waals surface area contributed by atoms with Gasteiger partial charge in [0.25, 0.3) is 0 Å². The summed E-state index contributed by atoms with van der Waals surface area (Å²) < 4.78 is 10.7. The highest BCUT2D eigenvalue weighted by Crippen LogP contribution is 2.29. The second kappa shape index (κ2) is 3.74. The molecule has 1 aliphatic carbocycles. The van der Waals surface area contributed by atoms with E-state index in [9.17, 15) is 0 Å². The van der Waals surface area contributed by atoms with Crippen molar-refractivity contribution in [2.24, 2.45) is 0 Å². The molecule has 4 heteroatoms. The Hall–Kier alpha value is -1.45. The quantitative estimate of drug-likeness (QED) is 0.791. The van der Waals surface area contributed by atoms with Crippen molar-refractivity contribution in [3.8, 4) is 11.6 Å². The van der Waals surface area contributed by atoms with Crippen molar-refractivity contribution in [1.29, 1.82) is 0 Å². The lowest BCUT2D eigenvalue weighted by molar-refractivity contribution is 0.300. The summed E-state index contributed by atoms with van der Waals surface area (Å²) in [7, 11) is 3.42. The minimum Gasteiger partial charge on any atom is -0.490 e. The Balaban J connectivity index is 2.19. The number of ether oxygens (including phenoxy) is 2. The smallest absolute Gasteiger partial charge is 0.218 e. The zero-order valence-electron chi connectivity index (χ0n) is 8.41. The van der Waals surface area contributed by atoms with Gasteiger partial charge in [0.2, 0.25) is 5.88 Å². The van der Waals surface area contributed by atoms with E-state index >= 15 is 0 Å². The number of aromatic nitrogens is 1. The molecule has 1 saturated carbocycles. The normalized spacial score (nSPS) is 15.0. The van der Waals surface area contributed by atoms with Crippen LogP contribution >= 0.6 is 0 Å². The van der Waals surface area contributed by atoms with Crippen LogP contribution in [0.15, 0.2) is 12.1 Å². The van der Waals surface area contributed by atoms with E-state index in [0.29, 0.717) is 12.0 Å². The molecule has 4 nitrogen and oxygen atoms in total. The van der Waals surface area contributed by atoms with Crippen molar-refractivity contribution in [2.75, 3.05) is 19.5 Å². The Morgan fingerprint density at radius 2 is 2.21 bits per heavy atom. The van der Waals surface area contributed by atoms with E-state index in [-0.39, 0.29) is 0 Å². The maximum Gasteiger partial charge on any atom is 0.218 e. The van der Waals surface area contributed by atoms with E-state index in [4.69, 9.17) is 9.47 Å². The van der Waals surface area contributed by atoms with Crippen molar-refractivity contribution in [2.45, 2.75) is 18.9 Å². The lowest BCUT2D eigenvalue weighted by atomic mass is 10.4. The minimum absolute atomic E-state index is 0.395. The van der Waals surface area contributed by atoms with Crippen molar-refractivity contribution >= 4 is 5.82 Å². The standard InChI is InChI=1S/C10H14N2O2/c1-11-9-5-8(14-7-3-4-7)6-10(12-9)13-2/h5-7H,3-4H2,1-2H3,(H,11,12). The molecule has 0 amide bonds. The SMILES string of the molecule is CNc1cc(OC2CC2)cc(OC)n1. The van der Waals surface area contributed by atoms with Crippen molar-refractivity contribution in [1.82, 2.24) is 4.98 Å². The molecule has 0 radical (unpaired) electrons. The monoisotopic (exact) mass is 194 g/mol. The number of nitrogens with one attached hydrogen (secondary N) is 1. The summed E-state index contributed by atoms with van der Waals surface area (Å²) in [6.45, 7) is 0. The molecule has 2 rings (SSSR count). The first-order chi connectivity index (χ1) is 6.81. The van der Waals surface area contributed by atoms with Crippen LogP contribution in [0.1, 0.15) is 12.8 Å². The van der Waals surface area contributed by atoms with Gasteiger partial charge in [0, 0.05) is 19.2 Å². The largest absolute Gasteiger partial charge is 0.490 e. The number of hydrogen-bond donors (Lipinski definition) is 1. The molecule has 1 aromatic rings. The maximum absolute atomic E-state index is 5.65. The third-order valence-corrected chi connectivity index (χ3v) is 2.07. The van der Waals surface area contributed by atoms with Gasteiger partial charge in [0.1, 0.15) is 11.6 Å². The third-order valence-electron chi connectivity index (χ3n) is 2.07. The van der Waals surface area contributed by atoms with E-state index in [0.717, 1.165) is 24.4 Å². The first-order valence-electron chi connectivity index (χ1n) is 4.72. The predicted molar refractivity (Wildman–Crippen MR) is 54.0 cm³/mol. The minimum atomic E-state index is 0.395. The van der Waals surface area contributed by atoms with Crippen LogP contribution in [0, 0.1) is 0 Å². The Morgan fingerprint density at radius 1 is 1.43 bits per heavy atom. The fourth-order valence-electron chi connectivity index (χ4n) is 1.16. The lowest BCUT2D eigenvalue weighted by Gasteiger charge is -2.08. The van der Waals surface area contributed by atoms with Gasteiger partial charge in [-0.15, -0.1) is 0 Å². The van der Waals surface area contributed by atoms with Crippen molar-refractivity contribution in [3.05, 3.63) is 12.1 Å². The molecule has 1 aromatic heterocycles. The zero-order chi connectivity index (χ0) is 9.97.